The van der Waals surface area contributed by atoms with Gasteiger partial charge in [0.25, 0.3) is 0 Å². The predicted octanol–water partition coefficient (Wildman–Crippen LogP) is 3.50. The van der Waals surface area contributed by atoms with Gasteiger partial charge in [-0.25, -0.2) is 0 Å². The minimum atomic E-state index is 0.152. The van der Waals surface area contributed by atoms with E-state index in [0.717, 1.165) is 0 Å². The van der Waals surface area contributed by atoms with E-state index in [4.69, 9.17) is 6.42 Å². The summed E-state index contributed by atoms with van der Waals surface area (Å²) in [4.78, 5) is 1.51. The number of thiophene rings is 1. The normalized spacial score (nSPS) is 21.8. The van der Waals surface area contributed by atoms with Gasteiger partial charge < -0.3 is 0 Å². The van der Waals surface area contributed by atoms with E-state index in [9.17, 15) is 0 Å². The summed E-state index contributed by atoms with van der Waals surface area (Å²) in [5, 5.41) is 3.49. The first-order valence-electron chi connectivity index (χ1n) is 5.21. The van der Waals surface area contributed by atoms with E-state index in [0.29, 0.717) is 6.04 Å². The molecule has 1 aromatic rings. The van der Waals surface area contributed by atoms with Gasteiger partial charge in [0.15, 0.2) is 0 Å². The fraction of sp³-hybridized carbons (Fsp3) is 0.500. The second-order valence-electron chi connectivity index (χ2n) is 3.93. The summed E-state index contributed by atoms with van der Waals surface area (Å²) in [6, 6.07) is 2.84. The Balaban J connectivity index is 2.19. The molecule has 15 heavy (non-hydrogen) atoms. The smallest absolute Gasteiger partial charge is 0.0704 e. The summed E-state index contributed by atoms with van der Waals surface area (Å²) in [5.74, 6) is 2.73. The molecule has 1 nitrogen and oxygen atoms in total. The van der Waals surface area contributed by atoms with Gasteiger partial charge in [-0.2, -0.15) is 0 Å². The molecule has 2 unspecified atom stereocenters. The number of aryl methyl sites for hydroxylation is 1. The summed E-state index contributed by atoms with van der Waals surface area (Å²) in [6.45, 7) is 2.04. The molecule has 0 aromatic carbocycles. The lowest BCUT2D eigenvalue weighted by Gasteiger charge is -2.25. The van der Waals surface area contributed by atoms with Crippen molar-refractivity contribution in [2.75, 3.05) is 0 Å². The minimum absolute atomic E-state index is 0.152. The number of hydrogen-bond donors (Lipinski definition) is 1. The number of nitrogens with one attached hydrogen (secondary N) is 1. The molecule has 0 bridgehead atoms. The Morgan fingerprint density at radius 1 is 1.73 bits per heavy atom. The van der Waals surface area contributed by atoms with Gasteiger partial charge in [-0.1, -0.05) is 5.92 Å². The molecule has 2 rings (SSSR count). The molecular formula is C12H14BrNS. The summed E-state index contributed by atoms with van der Waals surface area (Å²) in [6.07, 6.45) is 9.07. The zero-order valence-corrected chi connectivity index (χ0v) is 11.1. The van der Waals surface area contributed by atoms with Crippen LogP contribution in [0, 0.1) is 12.3 Å². The molecule has 3 heteroatoms. The number of halogens is 1. The van der Waals surface area contributed by atoms with Crippen LogP contribution in [0.5, 0.6) is 0 Å². The molecule has 1 aromatic heterocycles. The number of hydrogen-bond acceptors (Lipinski definition) is 2. The third kappa shape index (κ3) is 2.44. The quantitative estimate of drug-likeness (QED) is 0.820. The van der Waals surface area contributed by atoms with Gasteiger partial charge >= 0.3 is 0 Å². The van der Waals surface area contributed by atoms with Crippen molar-refractivity contribution in [2.24, 2.45) is 0 Å². The van der Waals surface area contributed by atoms with Crippen LogP contribution < -0.4 is 5.32 Å². The molecule has 1 aliphatic carbocycles. The highest BCUT2D eigenvalue weighted by molar-refractivity contribution is 9.11. The monoisotopic (exact) mass is 283 g/mol. The van der Waals surface area contributed by atoms with Crippen LogP contribution in [0.3, 0.4) is 0 Å². The van der Waals surface area contributed by atoms with Gasteiger partial charge in [-0.3, -0.25) is 5.32 Å². The maximum atomic E-state index is 5.40. The Bertz CT molecular complexity index is 391. The van der Waals surface area contributed by atoms with Crippen LogP contribution in [0.2, 0.25) is 0 Å². The third-order valence-electron chi connectivity index (χ3n) is 2.78. The lowest BCUT2D eigenvalue weighted by Crippen LogP contribution is -2.31. The summed E-state index contributed by atoms with van der Waals surface area (Å²) < 4.78 is 1.23. The second-order valence-corrected chi connectivity index (χ2v) is 6.44. The van der Waals surface area contributed by atoms with E-state index in [1.165, 1.54) is 33.5 Å². The Morgan fingerprint density at radius 3 is 3.27 bits per heavy atom. The Labute approximate surface area is 103 Å². The van der Waals surface area contributed by atoms with E-state index in [2.05, 4.69) is 33.2 Å². The molecule has 0 spiro atoms. The Kier molecular flexibility index (Phi) is 3.50. The van der Waals surface area contributed by atoms with Crippen LogP contribution in [0.25, 0.3) is 0 Å². The average molecular weight is 284 g/mol. The predicted molar refractivity (Wildman–Crippen MR) is 69.1 cm³/mol. The highest BCUT2D eigenvalue weighted by Crippen LogP contribution is 2.38. The van der Waals surface area contributed by atoms with E-state index < -0.39 is 0 Å². The molecule has 0 fully saturated rings. The van der Waals surface area contributed by atoms with Gasteiger partial charge in [-0.05, 0) is 53.7 Å². The van der Waals surface area contributed by atoms with Crippen LogP contribution in [-0.2, 0) is 6.42 Å². The largest absolute Gasteiger partial charge is 0.297 e. The molecule has 0 aliphatic heterocycles. The molecule has 1 N–H and O–H groups in total. The average Bonchev–Trinajstić information content (AvgIpc) is 2.59. The lowest BCUT2D eigenvalue weighted by atomic mass is 9.93. The molecule has 80 valence electrons. The van der Waals surface area contributed by atoms with Crippen LogP contribution >= 0.6 is 27.3 Å². The van der Waals surface area contributed by atoms with Crippen molar-refractivity contribution in [3.63, 3.8) is 0 Å². The molecule has 0 radical (unpaired) electrons. The first-order valence-corrected chi connectivity index (χ1v) is 6.82. The highest BCUT2D eigenvalue weighted by atomic mass is 79.9. The summed E-state index contributed by atoms with van der Waals surface area (Å²) in [7, 11) is 0. The van der Waals surface area contributed by atoms with Crippen molar-refractivity contribution in [3.05, 3.63) is 20.3 Å². The molecule has 2 atom stereocenters. The molecule has 1 heterocycles. The van der Waals surface area contributed by atoms with Crippen LogP contribution in [0.1, 0.15) is 36.2 Å². The molecule has 0 amide bonds. The summed E-state index contributed by atoms with van der Waals surface area (Å²) >= 11 is 5.41. The fourth-order valence-corrected chi connectivity index (χ4v) is 3.86. The van der Waals surface area contributed by atoms with E-state index >= 15 is 0 Å². The minimum Gasteiger partial charge on any atom is -0.297 e. The van der Waals surface area contributed by atoms with Crippen molar-refractivity contribution in [1.29, 1.82) is 0 Å². The van der Waals surface area contributed by atoms with Crippen LogP contribution in [-0.4, -0.2) is 6.04 Å². The lowest BCUT2D eigenvalue weighted by molar-refractivity contribution is 0.448. The zero-order valence-electron chi connectivity index (χ0n) is 8.72. The van der Waals surface area contributed by atoms with Gasteiger partial charge in [0.1, 0.15) is 0 Å². The SMILES string of the molecule is C#CC(C)NC1CCCc2sc(Br)cc21. The molecule has 0 saturated carbocycles. The fourth-order valence-electron chi connectivity index (χ4n) is 2.04. The topological polar surface area (TPSA) is 12.0 Å². The number of fused-ring (bicyclic) bond motifs is 1. The third-order valence-corrected chi connectivity index (χ3v) is 4.50. The van der Waals surface area contributed by atoms with Crippen LogP contribution in [0.15, 0.2) is 9.85 Å². The van der Waals surface area contributed by atoms with Crippen molar-refractivity contribution >= 4 is 27.3 Å². The van der Waals surface area contributed by atoms with Crippen molar-refractivity contribution in [3.8, 4) is 12.3 Å². The van der Waals surface area contributed by atoms with Crippen molar-refractivity contribution in [2.45, 2.75) is 38.3 Å². The van der Waals surface area contributed by atoms with E-state index in [1.807, 2.05) is 18.3 Å². The molecular weight excluding hydrogens is 270 g/mol. The molecule has 1 aliphatic rings. The standard InChI is InChI=1S/C12H14BrNS/c1-3-8(2)14-10-5-4-6-11-9(10)7-12(13)15-11/h1,7-8,10,14H,4-6H2,2H3. The van der Waals surface area contributed by atoms with Crippen LogP contribution in [0.4, 0.5) is 0 Å². The number of terminal acetylenes is 1. The first-order chi connectivity index (χ1) is 7.20. The van der Waals surface area contributed by atoms with Gasteiger partial charge in [-0.15, -0.1) is 17.8 Å². The Hall–Kier alpha value is -0.300. The van der Waals surface area contributed by atoms with Crippen molar-refractivity contribution < 1.29 is 0 Å². The van der Waals surface area contributed by atoms with E-state index in [1.54, 1.807) is 0 Å². The number of rotatable bonds is 2. The Morgan fingerprint density at radius 2 is 2.53 bits per heavy atom. The first kappa shape index (κ1) is 11.2. The van der Waals surface area contributed by atoms with E-state index in [-0.39, 0.29) is 6.04 Å². The van der Waals surface area contributed by atoms with Crippen molar-refractivity contribution in [1.82, 2.24) is 5.32 Å². The summed E-state index contributed by atoms with van der Waals surface area (Å²) in [5.41, 5.74) is 1.44. The highest BCUT2D eigenvalue weighted by Gasteiger charge is 2.23. The maximum absolute atomic E-state index is 5.40. The maximum Gasteiger partial charge on any atom is 0.0704 e. The zero-order chi connectivity index (χ0) is 10.8. The molecule has 0 saturated heterocycles. The van der Waals surface area contributed by atoms with Gasteiger partial charge in [0.05, 0.1) is 9.83 Å². The van der Waals surface area contributed by atoms with Gasteiger partial charge in [0.2, 0.25) is 0 Å². The second kappa shape index (κ2) is 4.69. The van der Waals surface area contributed by atoms with Gasteiger partial charge in [0, 0.05) is 10.9 Å².